The Kier molecular flexibility index (Phi) is 23.1. The van der Waals surface area contributed by atoms with Gasteiger partial charge >= 0.3 is 23.9 Å². The standard InChI is InChI=1S/C67H102O15Si2/c1-18-19-20-21-28-33-58(69)79-61-48(39-59(70)73-14)38-50-41-54(45-75-83(16,17)62(4,5)6)78-60(71)43-52(82-84(63(7,8)9,55-29-24-22-25-30-55)56-31-26-23-27-32-56)40-51-42-57(76-47(3)68)65(12,13)66(74-15,80-51)44-53-37-46(2)36-49(77-53)34-35-64(10,11)67(61,72)81-50/h22-27,29-32,34-35,39,49-54,57,61,72H,2,18-21,28,33,36-38,40-45H2,1,3-17H3/b35-34+,48-39+/t49-,50-,51+,52+,53-,54+,57-,61-,66?,67+/m0/s1. The SMILES string of the molecule is C=C1C[C@H]2CC3(OC)O[C@H](C[C@@H](O[Si](c4ccccc4)(c4ccccc4)C(C)(C)C)CC(=O)O[C@@H](CO[Si](C)(C)C(C)(C)C)C[C@@H]4C/C(=C\C(=O)OC)[C@H](OC(=O)CCCCCCC)[C@@](O)(O4)C(C)(C)/C=C/[C@@H](C1)O2)C[C@H](OC(C)=O)C3(C)C. The van der Waals surface area contributed by atoms with Crippen LogP contribution < -0.4 is 10.4 Å². The first-order valence-corrected chi connectivity index (χ1v) is 35.5. The van der Waals surface area contributed by atoms with Crippen LogP contribution in [0.15, 0.2) is 96.6 Å². The fraction of sp³-hybridized carbons (Fsp3) is 0.672. The van der Waals surface area contributed by atoms with Crippen molar-refractivity contribution in [3.05, 3.63) is 96.6 Å². The Hall–Kier alpha value is -4.31. The molecule has 0 amide bonds. The highest BCUT2D eigenvalue weighted by atomic mass is 28.4. The maximum Gasteiger partial charge on any atom is 0.330 e. The van der Waals surface area contributed by atoms with Gasteiger partial charge in [-0.15, -0.1) is 0 Å². The molecule has 0 spiro atoms. The van der Waals surface area contributed by atoms with E-state index in [1.165, 1.54) is 20.1 Å². The number of rotatable bonds is 17. The Labute approximate surface area is 504 Å². The van der Waals surface area contributed by atoms with Gasteiger partial charge in [0.2, 0.25) is 5.79 Å². The van der Waals surface area contributed by atoms with Gasteiger partial charge in [0, 0.05) is 51.2 Å². The van der Waals surface area contributed by atoms with Crippen molar-refractivity contribution < 1.29 is 71.0 Å². The van der Waals surface area contributed by atoms with Gasteiger partial charge in [-0.25, -0.2) is 4.79 Å². The maximum atomic E-state index is 15.5. The van der Waals surface area contributed by atoms with E-state index in [4.69, 9.17) is 46.7 Å². The number of carbonyl (C=O) groups is 4. The molecule has 3 fully saturated rings. The molecule has 0 aliphatic carbocycles. The van der Waals surface area contributed by atoms with Crippen molar-refractivity contribution in [1.82, 2.24) is 0 Å². The van der Waals surface area contributed by atoms with Crippen molar-refractivity contribution >= 4 is 50.9 Å². The van der Waals surface area contributed by atoms with Gasteiger partial charge in [0.25, 0.3) is 8.32 Å². The lowest BCUT2D eigenvalue weighted by molar-refractivity contribution is -0.358. The number of ether oxygens (including phenoxy) is 8. The smallest absolute Gasteiger partial charge is 0.330 e. The average molecular weight is 1200 g/mol. The molecule has 15 nitrogen and oxygen atoms in total. The van der Waals surface area contributed by atoms with Gasteiger partial charge in [0.1, 0.15) is 12.2 Å². The topological polar surface area (TPSA) is 181 Å². The van der Waals surface area contributed by atoms with Crippen LogP contribution in [0.5, 0.6) is 0 Å². The van der Waals surface area contributed by atoms with Gasteiger partial charge in [-0.3, -0.25) is 14.4 Å². The molecule has 17 heteroatoms. The Morgan fingerprint density at radius 1 is 0.786 bits per heavy atom. The minimum absolute atomic E-state index is 0.00669. The molecule has 4 aliphatic heterocycles. The highest BCUT2D eigenvalue weighted by Gasteiger charge is 2.61. The monoisotopic (exact) mass is 1200 g/mol. The second-order valence-electron chi connectivity index (χ2n) is 27.7. The van der Waals surface area contributed by atoms with Crippen LogP contribution in [0, 0.1) is 10.8 Å². The zero-order valence-electron chi connectivity index (χ0n) is 53.6. The highest BCUT2D eigenvalue weighted by Crippen LogP contribution is 2.52. The second-order valence-corrected chi connectivity index (χ2v) is 36.7. The normalized spacial score (nSPS) is 29.9. The van der Waals surface area contributed by atoms with Crippen LogP contribution in [0.1, 0.15) is 173 Å². The number of esters is 4. The summed E-state index contributed by atoms with van der Waals surface area (Å²) in [5.41, 5.74) is -1.12. The van der Waals surface area contributed by atoms with E-state index in [1.54, 1.807) is 27.0 Å². The largest absolute Gasteiger partial charge is 0.466 e. The Morgan fingerprint density at radius 2 is 1.42 bits per heavy atom. The van der Waals surface area contributed by atoms with Crippen molar-refractivity contribution in [2.45, 2.75) is 257 Å². The molecule has 10 atom stereocenters. The van der Waals surface area contributed by atoms with Gasteiger partial charge in [-0.2, -0.15) is 0 Å². The lowest BCUT2D eigenvalue weighted by atomic mass is 9.70. The van der Waals surface area contributed by atoms with E-state index in [2.05, 4.69) is 92.4 Å². The molecule has 6 rings (SSSR count). The van der Waals surface area contributed by atoms with Crippen LogP contribution in [0.3, 0.4) is 0 Å². The molecule has 0 saturated carbocycles. The van der Waals surface area contributed by atoms with E-state index in [1.807, 2.05) is 56.3 Å². The molecule has 1 N–H and O–H groups in total. The molecule has 3 saturated heterocycles. The number of unbranched alkanes of at least 4 members (excludes halogenated alkanes) is 4. The number of benzene rings is 2. The predicted molar refractivity (Wildman–Crippen MR) is 330 cm³/mol. The van der Waals surface area contributed by atoms with Crippen LogP contribution in [-0.4, -0.2) is 127 Å². The summed E-state index contributed by atoms with van der Waals surface area (Å²) in [4.78, 5) is 56.0. The highest BCUT2D eigenvalue weighted by molar-refractivity contribution is 6.99. The second kappa shape index (κ2) is 28.2. The Bertz CT molecular complexity index is 2560. The third kappa shape index (κ3) is 16.3. The van der Waals surface area contributed by atoms with Crippen LogP contribution >= 0.6 is 0 Å². The molecule has 4 heterocycles. The summed E-state index contributed by atoms with van der Waals surface area (Å²) in [6, 6.07) is 20.4. The van der Waals surface area contributed by atoms with Crippen molar-refractivity contribution in [3.63, 3.8) is 0 Å². The van der Waals surface area contributed by atoms with E-state index in [9.17, 15) is 19.5 Å². The minimum atomic E-state index is -3.41. The minimum Gasteiger partial charge on any atom is -0.466 e. The van der Waals surface area contributed by atoms with Gasteiger partial charge in [-0.1, -0.05) is 187 Å². The molecule has 84 heavy (non-hydrogen) atoms. The molecule has 2 aromatic rings. The van der Waals surface area contributed by atoms with Gasteiger partial charge < -0.3 is 51.9 Å². The van der Waals surface area contributed by atoms with E-state index in [0.29, 0.717) is 19.3 Å². The molecule has 0 radical (unpaired) electrons. The molecule has 1 unspecified atom stereocenters. The zero-order valence-corrected chi connectivity index (χ0v) is 55.6. The Morgan fingerprint density at radius 3 is 1.99 bits per heavy atom. The third-order valence-electron chi connectivity index (χ3n) is 18.5. The summed E-state index contributed by atoms with van der Waals surface area (Å²) in [6.07, 6.45) is 4.21. The lowest BCUT2D eigenvalue weighted by Gasteiger charge is -2.56. The van der Waals surface area contributed by atoms with Gasteiger partial charge in [0.15, 0.2) is 20.2 Å². The van der Waals surface area contributed by atoms with E-state index >= 15 is 4.79 Å². The molecular formula is C67H102O15Si2. The number of fused-ring (bicyclic) bond motifs is 6. The van der Waals surface area contributed by atoms with Crippen LogP contribution in [-0.2, 0) is 65.9 Å². The van der Waals surface area contributed by atoms with Crippen LogP contribution in [0.2, 0.25) is 23.2 Å². The average Bonchev–Trinajstić information content (AvgIpc) is 0.870. The lowest BCUT2D eigenvalue weighted by Crippen LogP contribution is -2.68. The first-order chi connectivity index (χ1) is 39.2. The summed E-state index contributed by atoms with van der Waals surface area (Å²) in [6.45, 7) is 32.7. The van der Waals surface area contributed by atoms with Crippen molar-refractivity contribution in [3.8, 4) is 0 Å². The molecule has 0 aromatic heterocycles. The summed E-state index contributed by atoms with van der Waals surface area (Å²) >= 11 is 0. The van der Waals surface area contributed by atoms with Crippen LogP contribution in [0.4, 0.5) is 0 Å². The van der Waals surface area contributed by atoms with Gasteiger partial charge in [0.05, 0.1) is 56.1 Å². The fourth-order valence-corrected chi connectivity index (χ4v) is 18.2. The molecular weight excluding hydrogens is 1100 g/mol. The van der Waals surface area contributed by atoms with E-state index in [-0.39, 0.29) is 62.2 Å². The van der Waals surface area contributed by atoms with E-state index < -0.39 is 117 Å². The number of aliphatic hydroxyl groups is 1. The first-order valence-electron chi connectivity index (χ1n) is 30.7. The summed E-state index contributed by atoms with van der Waals surface area (Å²) in [7, 11) is -3.07. The van der Waals surface area contributed by atoms with Crippen molar-refractivity contribution in [1.29, 1.82) is 0 Å². The fourth-order valence-electron chi connectivity index (χ4n) is 12.5. The quantitative estimate of drug-likeness (QED) is 0.0394. The van der Waals surface area contributed by atoms with Crippen molar-refractivity contribution in [2.24, 2.45) is 10.8 Å². The molecule has 2 aromatic carbocycles. The molecule has 6 bridgehead atoms. The number of hydrogen-bond acceptors (Lipinski definition) is 15. The van der Waals surface area contributed by atoms with Gasteiger partial charge in [-0.05, 0) is 71.2 Å². The third-order valence-corrected chi connectivity index (χ3v) is 28.1. The predicted octanol–water partition coefficient (Wildman–Crippen LogP) is 12.1. The Balaban J connectivity index is 1.57. The maximum absolute atomic E-state index is 15.5. The number of methoxy groups -OCH3 is 2. The number of cyclic esters (lactones) is 1. The van der Waals surface area contributed by atoms with Crippen molar-refractivity contribution in [2.75, 3.05) is 20.8 Å². The van der Waals surface area contributed by atoms with E-state index in [0.717, 1.165) is 41.6 Å². The molecule has 468 valence electrons. The summed E-state index contributed by atoms with van der Waals surface area (Å²) in [5.74, 6) is -6.02. The molecule has 4 aliphatic rings. The summed E-state index contributed by atoms with van der Waals surface area (Å²) in [5, 5.41) is 14.9. The summed E-state index contributed by atoms with van der Waals surface area (Å²) < 4.78 is 67.3. The number of hydrogen-bond donors (Lipinski definition) is 1. The van der Waals surface area contributed by atoms with Crippen LogP contribution in [0.25, 0.3) is 0 Å². The number of carbonyl (C=O) groups excluding carboxylic acids is 4. The first kappa shape index (κ1) is 68.8. The zero-order chi connectivity index (χ0) is 62.1.